The Morgan fingerprint density at radius 1 is 1.47 bits per heavy atom. The summed E-state index contributed by atoms with van der Waals surface area (Å²) in [6, 6.07) is 1.43. The summed E-state index contributed by atoms with van der Waals surface area (Å²) in [7, 11) is 1.75. The predicted molar refractivity (Wildman–Crippen MR) is 68.6 cm³/mol. The molecular formula is C13H14N4O2. The molecule has 0 bridgehead atoms. The van der Waals surface area contributed by atoms with Gasteiger partial charge in [-0.05, 0) is 25.1 Å². The van der Waals surface area contributed by atoms with Gasteiger partial charge in [0.2, 0.25) is 0 Å². The zero-order valence-electron chi connectivity index (χ0n) is 10.5. The lowest BCUT2D eigenvalue weighted by Gasteiger charge is -2.22. The fourth-order valence-electron chi connectivity index (χ4n) is 2.33. The largest absolute Gasteiger partial charge is 0.467 e. The van der Waals surface area contributed by atoms with E-state index in [-0.39, 0.29) is 5.91 Å². The number of amides is 1. The fraction of sp³-hybridized carbons (Fsp3) is 0.308. The molecule has 6 nitrogen and oxygen atoms in total. The molecule has 98 valence electrons. The monoisotopic (exact) mass is 258 g/mol. The van der Waals surface area contributed by atoms with Gasteiger partial charge in [-0.25, -0.2) is 4.98 Å². The smallest absolute Gasteiger partial charge is 0.253 e. The molecule has 19 heavy (non-hydrogen) atoms. The highest BCUT2D eigenvalue weighted by molar-refractivity contribution is 5.97. The van der Waals surface area contributed by atoms with E-state index in [1.165, 1.54) is 0 Å². The van der Waals surface area contributed by atoms with Crippen molar-refractivity contribution in [1.29, 1.82) is 0 Å². The van der Waals surface area contributed by atoms with Gasteiger partial charge in [-0.15, -0.1) is 0 Å². The minimum absolute atomic E-state index is 0.0725. The van der Waals surface area contributed by atoms with Crippen molar-refractivity contribution in [2.24, 2.45) is 0 Å². The van der Waals surface area contributed by atoms with E-state index in [1.54, 1.807) is 36.8 Å². The third-order valence-electron chi connectivity index (χ3n) is 3.28. The summed E-state index contributed by atoms with van der Waals surface area (Å²) in [5, 5.41) is 3.00. The second-order valence-corrected chi connectivity index (χ2v) is 4.34. The Hall–Kier alpha value is -2.21. The van der Waals surface area contributed by atoms with Crippen LogP contribution in [0.25, 0.3) is 0 Å². The molecule has 1 N–H and O–H groups in total. The lowest BCUT2D eigenvalue weighted by atomic mass is 10.1. The number of fused-ring (bicyclic) bond motifs is 1. The Balaban J connectivity index is 1.99. The van der Waals surface area contributed by atoms with Crippen molar-refractivity contribution in [2.45, 2.75) is 12.5 Å². The molecule has 0 radical (unpaired) electrons. The van der Waals surface area contributed by atoms with Crippen molar-refractivity contribution >= 4 is 11.7 Å². The number of aromatic nitrogens is 2. The average molecular weight is 258 g/mol. The first kappa shape index (κ1) is 11.9. The normalized spacial score (nSPS) is 19.1. The maximum Gasteiger partial charge on any atom is 0.253 e. The molecule has 1 amide bonds. The Bertz CT molecular complexity index is 581. The Morgan fingerprint density at radius 2 is 2.37 bits per heavy atom. The second-order valence-electron chi connectivity index (χ2n) is 4.34. The predicted octanol–water partition coefficient (Wildman–Crippen LogP) is 0.919. The first-order valence-corrected chi connectivity index (χ1v) is 6.12. The number of anilines is 1. The van der Waals surface area contributed by atoms with Crippen molar-refractivity contribution in [2.75, 3.05) is 18.5 Å². The van der Waals surface area contributed by atoms with Crippen LogP contribution in [0.4, 0.5) is 5.82 Å². The van der Waals surface area contributed by atoms with Crippen molar-refractivity contribution in [3.8, 4) is 0 Å². The highest BCUT2D eigenvalue weighted by atomic mass is 16.3. The van der Waals surface area contributed by atoms with Crippen LogP contribution in [0.3, 0.4) is 0 Å². The molecule has 6 heteroatoms. The van der Waals surface area contributed by atoms with E-state index in [0.29, 0.717) is 18.1 Å². The van der Waals surface area contributed by atoms with E-state index in [0.717, 1.165) is 12.0 Å². The Kier molecular flexibility index (Phi) is 3.00. The fourth-order valence-corrected chi connectivity index (χ4v) is 2.33. The number of hydrogen-bond acceptors (Lipinski definition) is 5. The lowest BCUT2D eigenvalue weighted by Crippen LogP contribution is -2.39. The standard InChI is InChI=1S/C13H14N4O2/c1-14-11-12-9(3-7-19-12)2-6-17(13(11)18)10-8-15-4-5-16-10/h3-5,7-8,11,14H,2,6H2,1H3. The minimum Gasteiger partial charge on any atom is -0.467 e. The van der Waals surface area contributed by atoms with E-state index >= 15 is 0 Å². The quantitative estimate of drug-likeness (QED) is 0.867. The maximum atomic E-state index is 12.6. The number of nitrogens with zero attached hydrogens (tertiary/aromatic N) is 3. The zero-order valence-corrected chi connectivity index (χ0v) is 10.5. The minimum atomic E-state index is -0.477. The summed E-state index contributed by atoms with van der Waals surface area (Å²) in [6.07, 6.45) is 7.13. The molecule has 0 saturated heterocycles. The maximum absolute atomic E-state index is 12.6. The summed E-state index contributed by atoms with van der Waals surface area (Å²) in [5.41, 5.74) is 1.05. The summed E-state index contributed by atoms with van der Waals surface area (Å²) in [6.45, 7) is 0.572. The van der Waals surface area contributed by atoms with E-state index in [4.69, 9.17) is 4.42 Å². The van der Waals surface area contributed by atoms with Gasteiger partial charge >= 0.3 is 0 Å². The highest BCUT2D eigenvalue weighted by Gasteiger charge is 2.33. The molecule has 2 aromatic heterocycles. The van der Waals surface area contributed by atoms with E-state index in [2.05, 4.69) is 15.3 Å². The first-order valence-electron chi connectivity index (χ1n) is 6.12. The van der Waals surface area contributed by atoms with E-state index < -0.39 is 6.04 Å². The molecule has 1 atom stereocenters. The molecular weight excluding hydrogens is 244 g/mol. The van der Waals surface area contributed by atoms with Crippen LogP contribution >= 0.6 is 0 Å². The van der Waals surface area contributed by atoms with E-state index in [1.807, 2.05) is 6.07 Å². The van der Waals surface area contributed by atoms with Gasteiger partial charge < -0.3 is 9.73 Å². The molecule has 1 aliphatic rings. The second kappa shape index (κ2) is 4.81. The number of furan rings is 1. The summed E-state index contributed by atoms with van der Waals surface area (Å²) in [4.78, 5) is 22.4. The van der Waals surface area contributed by atoms with Crippen LogP contribution in [0.2, 0.25) is 0 Å². The van der Waals surface area contributed by atoms with Crippen molar-refractivity contribution in [3.05, 3.63) is 42.2 Å². The molecule has 3 heterocycles. The van der Waals surface area contributed by atoms with Gasteiger partial charge in [0.1, 0.15) is 11.8 Å². The first-order chi connectivity index (χ1) is 9.31. The van der Waals surface area contributed by atoms with Crippen LogP contribution in [-0.4, -0.2) is 29.5 Å². The van der Waals surface area contributed by atoms with Gasteiger partial charge in [-0.2, -0.15) is 0 Å². The van der Waals surface area contributed by atoms with Crippen LogP contribution in [0.5, 0.6) is 0 Å². The highest BCUT2D eigenvalue weighted by Crippen LogP contribution is 2.27. The molecule has 0 aliphatic carbocycles. The molecule has 0 saturated carbocycles. The van der Waals surface area contributed by atoms with Gasteiger partial charge in [0.05, 0.1) is 12.5 Å². The molecule has 0 aromatic carbocycles. The number of carbonyl (C=O) groups excluding carboxylic acids is 1. The van der Waals surface area contributed by atoms with Crippen LogP contribution in [0.15, 0.2) is 35.3 Å². The van der Waals surface area contributed by atoms with Gasteiger partial charge in [0.15, 0.2) is 5.82 Å². The molecule has 1 aliphatic heterocycles. The number of hydrogen-bond donors (Lipinski definition) is 1. The van der Waals surface area contributed by atoms with Gasteiger partial charge in [0, 0.05) is 18.9 Å². The van der Waals surface area contributed by atoms with Crippen LogP contribution in [0, 0.1) is 0 Å². The van der Waals surface area contributed by atoms with E-state index in [9.17, 15) is 4.79 Å². The average Bonchev–Trinajstić information content (AvgIpc) is 2.85. The zero-order chi connectivity index (χ0) is 13.2. The van der Waals surface area contributed by atoms with Crippen LogP contribution < -0.4 is 10.2 Å². The SMILES string of the molecule is CNC1C(=O)N(c2cnccn2)CCc2ccoc21. The Morgan fingerprint density at radius 3 is 3.11 bits per heavy atom. The molecule has 1 unspecified atom stereocenters. The summed E-state index contributed by atoms with van der Waals surface area (Å²) < 4.78 is 5.45. The molecule has 0 spiro atoms. The number of rotatable bonds is 2. The third-order valence-corrected chi connectivity index (χ3v) is 3.28. The number of nitrogens with one attached hydrogen (secondary N) is 1. The number of likely N-dealkylation sites (N-methyl/N-ethyl adjacent to an activating group) is 1. The molecule has 0 fully saturated rings. The number of carbonyl (C=O) groups is 1. The summed E-state index contributed by atoms with van der Waals surface area (Å²) in [5.74, 6) is 1.19. The topological polar surface area (TPSA) is 71.3 Å². The van der Waals surface area contributed by atoms with Crippen LogP contribution in [0.1, 0.15) is 17.4 Å². The van der Waals surface area contributed by atoms with Crippen molar-refractivity contribution < 1.29 is 9.21 Å². The van der Waals surface area contributed by atoms with Gasteiger partial charge in [-0.1, -0.05) is 0 Å². The third kappa shape index (κ3) is 2.00. The lowest BCUT2D eigenvalue weighted by molar-refractivity contribution is -0.120. The van der Waals surface area contributed by atoms with Crippen molar-refractivity contribution in [1.82, 2.24) is 15.3 Å². The molecule has 3 rings (SSSR count). The van der Waals surface area contributed by atoms with Gasteiger partial charge in [0.25, 0.3) is 5.91 Å². The summed E-state index contributed by atoms with van der Waals surface area (Å²) >= 11 is 0. The molecule has 2 aromatic rings. The Labute approximate surface area is 110 Å². The van der Waals surface area contributed by atoms with Gasteiger partial charge in [-0.3, -0.25) is 14.7 Å². The van der Waals surface area contributed by atoms with Crippen molar-refractivity contribution in [3.63, 3.8) is 0 Å². The van der Waals surface area contributed by atoms with Crippen LogP contribution in [-0.2, 0) is 11.2 Å².